The summed E-state index contributed by atoms with van der Waals surface area (Å²) >= 11 is 0. The van der Waals surface area contributed by atoms with E-state index in [4.69, 9.17) is 10.8 Å². The number of nitrogen functional groups attached to an aromatic ring is 1. The zero-order chi connectivity index (χ0) is 16.4. The maximum absolute atomic E-state index is 11.4. The van der Waals surface area contributed by atoms with Gasteiger partial charge in [0.1, 0.15) is 0 Å². The second-order valence-electron chi connectivity index (χ2n) is 4.42. The van der Waals surface area contributed by atoms with Gasteiger partial charge in [-0.2, -0.15) is 0 Å². The Labute approximate surface area is 124 Å². The number of carboxylic acids is 3. The Morgan fingerprint density at radius 3 is 1.82 bits per heavy atom. The summed E-state index contributed by atoms with van der Waals surface area (Å²) in [6.07, 6.45) is 0. The van der Waals surface area contributed by atoms with Crippen molar-refractivity contribution in [3.8, 4) is 11.1 Å². The van der Waals surface area contributed by atoms with Gasteiger partial charge in [0.15, 0.2) is 0 Å². The largest absolute Gasteiger partial charge is 0.478 e. The Bertz CT molecular complexity index is 782. The Morgan fingerprint density at radius 2 is 1.36 bits per heavy atom. The SMILES string of the molecule is Nc1c(-c2ccccc2)cc(C(=O)O)c(C(=O)O)c1C(=O)O. The molecule has 0 spiro atoms. The highest BCUT2D eigenvalue weighted by molar-refractivity contribution is 6.14. The highest BCUT2D eigenvalue weighted by atomic mass is 16.4. The van der Waals surface area contributed by atoms with Crippen LogP contribution in [0.2, 0.25) is 0 Å². The molecule has 2 aromatic carbocycles. The summed E-state index contributed by atoms with van der Waals surface area (Å²) < 4.78 is 0. The molecule has 0 aliphatic heterocycles. The van der Waals surface area contributed by atoms with E-state index in [0.29, 0.717) is 5.56 Å². The van der Waals surface area contributed by atoms with Crippen LogP contribution in [0.15, 0.2) is 36.4 Å². The zero-order valence-electron chi connectivity index (χ0n) is 11.1. The maximum Gasteiger partial charge on any atom is 0.338 e. The molecule has 0 radical (unpaired) electrons. The van der Waals surface area contributed by atoms with E-state index in [1.807, 2.05) is 0 Å². The average Bonchev–Trinajstić information content (AvgIpc) is 2.46. The number of benzene rings is 2. The molecule has 0 aliphatic rings. The minimum atomic E-state index is -1.67. The van der Waals surface area contributed by atoms with Crippen LogP contribution in [0.1, 0.15) is 31.1 Å². The fraction of sp³-hybridized carbons (Fsp3) is 0. The van der Waals surface area contributed by atoms with Crippen molar-refractivity contribution in [2.24, 2.45) is 0 Å². The first-order valence-electron chi connectivity index (χ1n) is 6.06. The number of rotatable bonds is 4. The van der Waals surface area contributed by atoms with Gasteiger partial charge in [-0.3, -0.25) is 0 Å². The number of aromatic carboxylic acids is 3. The standard InChI is InChI=1S/C15H11NO6/c16-12-8(7-4-2-1-3-5-7)6-9(13(17)18)10(14(19)20)11(12)15(21)22/h1-6H,16H2,(H,17,18)(H,19,20)(H,21,22). The first kappa shape index (κ1) is 15.0. The number of hydrogen-bond acceptors (Lipinski definition) is 4. The minimum absolute atomic E-state index is 0.153. The second-order valence-corrected chi connectivity index (χ2v) is 4.42. The summed E-state index contributed by atoms with van der Waals surface area (Å²) in [7, 11) is 0. The molecular weight excluding hydrogens is 290 g/mol. The van der Waals surface area contributed by atoms with Gasteiger partial charge in [-0.25, -0.2) is 14.4 Å². The Morgan fingerprint density at radius 1 is 0.818 bits per heavy atom. The third-order valence-corrected chi connectivity index (χ3v) is 3.11. The minimum Gasteiger partial charge on any atom is -0.478 e. The zero-order valence-corrected chi connectivity index (χ0v) is 11.1. The van der Waals surface area contributed by atoms with Crippen LogP contribution in [0.3, 0.4) is 0 Å². The van der Waals surface area contributed by atoms with E-state index in [1.54, 1.807) is 30.3 Å². The predicted octanol–water partition coefficient (Wildman–Crippen LogP) is 2.03. The Hall–Kier alpha value is -3.35. The molecule has 0 aliphatic carbocycles. The molecular formula is C15H11NO6. The molecule has 7 nitrogen and oxygen atoms in total. The number of anilines is 1. The number of carbonyl (C=O) groups is 3. The van der Waals surface area contributed by atoms with E-state index >= 15 is 0 Å². The van der Waals surface area contributed by atoms with Crippen LogP contribution in [0.4, 0.5) is 5.69 Å². The van der Waals surface area contributed by atoms with Gasteiger partial charge in [0, 0.05) is 5.56 Å². The molecule has 0 heterocycles. The third kappa shape index (κ3) is 2.47. The summed E-state index contributed by atoms with van der Waals surface area (Å²) in [5.41, 5.74) is 3.94. The molecule has 0 aromatic heterocycles. The van der Waals surface area contributed by atoms with Crippen LogP contribution in [0.5, 0.6) is 0 Å². The summed E-state index contributed by atoms with van der Waals surface area (Å²) in [5.74, 6) is -4.81. The maximum atomic E-state index is 11.4. The molecule has 22 heavy (non-hydrogen) atoms. The summed E-state index contributed by atoms with van der Waals surface area (Å²) in [4.78, 5) is 33.9. The molecule has 0 amide bonds. The fourth-order valence-electron chi connectivity index (χ4n) is 2.17. The van der Waals surface area contributed by atoms with Crippen molar-refractivity contribution < 1.29 is 29.7 Å². The van der Waals surface area contributed by atoms with Crippen LogP contribution in [0, 0.1) is 0 Å². The van der Waals surface area contributed by atoms with E-state index in [0.717, 1.165) is 6.07 Å². The van der Waals surface area contributed by atoms with Crippen LogP contribution < -0.4 is 5.73 Å². The van der Waals surface area contributed by atoms with E-state index < -0.39 is 34.6 Å². The summed E-state index contributed by atoms with van der Waals surface area (Å²) in [6, 6.07) is 9.36. The van der Waals surface area contributed by atoms with E-state index in [1.165, 1.54) is 0 Å². The molecule has 0 bridgehead atoms. The lowest BCUT2D eigenvalue weighted by Gasteiger charge is -2.14. The average molecular weight is 301 g/mol. The molecule has 2 rings (SSSR count). The molecule has 0 fully saturated rings. The number of carboxylic acid groups (broad SMARTS) is 3. The normalized spacial score (nSPS) is 10.2. The van der Waals surface area contributed by atoms with Crippen molar-refractivity contribution in [2.45, 2.75) is 0 Å². The van der Waals surface area contributed by atoms with Crippen molar-refractivity contribution in [1.82, 2.24) is 0 Å². The first-order valence-corrected chi connectivity index (χ1v) is 6.06. The van der Waals surface area contributed by atoms with Gasteiger partial charge in [-0.1, -0.05) is 30.3 Å². The summed E-state index contributed by atoms with van der Waals surface area (Å²) in [5, 5.41) is 27.6. The van der Waals surface area contributed by atoms with Crippen molar-refractivity contribution in [3.63, 3.8) is 0 Å². The van der Waals surface area contributed by atoms with E-state index in [9.17, 15) is 24.6 Å². The van der Waals surface area contributed by atoms with Gasteiger partial charge < -0.3 is 21.1 Å². The highest BCUT2D eigenvalue weighted by Crippen LogP contribution is 2.33. The van der Waals surface area contributed by atoms with Crippen LogP contribution in [-0.4, -0.2) is 33.2 Å². The molecule has 0 atom stereocenters. The van der Waals surface area contributed by atoms with Gasteiger partial charge in [0.2, 0.25) is 0 Å². The first-order chi connectivity index (χ1) is 10.3. The highest BCUT2D eigenvalue weighted by Gasteiger charge is 2.28. The van der Waals surface area contributed by atoms with Gasteiger partial charge in [0.25, 0.3) is 0 Å². The fourth-order valence-corrected chi connectivity index (χ4v) is 2.17. The van der Waals surface area contributed by atoms with Crippen molar-refractivity contribution >= 4 is 23.6 Å². The lowest BCUT2D eigenvalue weighted by molar-refractivity contribution is 0.0634. The predicted molar refractivity (Wildman–Crippen MR) is 77.2 cm³/mol. The Balaban J connectivity index is 2.92. The van der Waals surface area contributed by atoms with Crippen molar-refractivity contribution in [2.75, 3.05) is 5.73 Å². The van der Waals surface area contributed by atoms with Gasteiger partial charge >= 0.3 is 17.9 Å². The molecule has 0 saturated carbocycles. The lowest BCUT2D eigenvalue weighted by Crippen LogP contribution is -2.17. The van der Waals surface area contributed by atoms with E-state index in [-0.39, 0.29) is 11.3 Å². The third-order valence-electron chi connectivity index (χ3n) is 3.11. The van der Waals surface area contributed by atoms with Crippen LogP contribution in [-0.2, 0) is 0 Å². The summed E-state index contributed by atoms with van der Waals surface area (Å²) in [6.45, 7) is 0. The topological polar surface area (TPSA) is 138 Å². The quantitative estimate of drug-likeness (QED) is 0.634. The van der Waals surface area contributed by atoms with Crippen LogP contribution in [0.25, 0.3) is 11.1 Å². The number of nitrogens with two attached hydrogens (primary N) is 1. The lowest BCUT2D eigenvalue weighted by atomic mass is 9.92. The van der Waals surface area contributed by atoms with Crippen molar-refractivity contribution in [3.05, 3.63) is 53.1 Å². The van der Waals surface area contributed by atoms with Gasteiger partial charge in [-0.05, 0) is 11.6 Å². The number of hydrogen-bond donors (Lipinski definition) is 4. The van der Waals surface area contributed by atoms with Crippen molar-refractivity contribution in [1.29, 1.82) is 0 Å². The Kier molecular flexibility index (Phi) is 3.81. The second kappa shape index (κ2) is 5.57. The van der Waals surface area contributed by atoms with Crippen LogP contribution >= 0.6 is 0 Å². The monoisotopic (exact) mass is 301 g/mol. The molecule has 0 saturated heterocycles. The smallest absolute Gasteiger partial charge is 0.338 e. The molecule has 2 aromatic rings. The molecule has 7 heteroatoms. The molecule has 0 unspecified atom stereocenters. The molecule has 112 valence electrons. The van der Waals surface area contributed by atoms with E-state index in [2.05, 4.69) is 0 Å². The molecule has 5 N–H and O–H groups in total. The van der Waals surface area contributed by atoms with Gasteiger partial charge in [0.05, 0.1) is 22.4 Å². The van der Waals surface area contributed by atoms with Gasteiger partial charge in [-0.15, -0.1) is 0 Å².